The predicted molar refractivity (Wildman–Crippen MR) is 52.8 cm³/mol. The van der Waals surface area contributed by atoms with Gasteiger partial charge in [-0.05, 0) is 11.4 Å². The number of carbonyl (C=O) groups excluding carboxylic acids is 1. The summed E-state index contributed by atoms with van der Waals surface area (Å²) in [5, 5.41) is 8.09. The van der Waals surface area contributed by atoms with E-state index >= 15 is 0 Å². The molecule has 3 nitrogen and oxygen atoms in total. The third-order valence-electron chi connectivity index (χ3n) is 2.12. The molecule has 1 atom stereocenters. The van der Waals surface area contributed by atoms with E-state index in [0.717, 1.165) is 19.5 Å². The molecule has 0 aromatic carbocycles. The molecule has 0 radical (unpaired) electrons. The van der Waals surface area contributed by atoms with Gasteiger partial charge in [-0.2, -0.15) is 0 Å². The Morgan fingerprint density at radius 2 is 2.46 bits per heavy atom. The van der Waals surface area contributed by atoms with Crippen LogP contribution in [0.2, 0.25) is 0 Å². The fourth-order valence-corrected chi connectivity index (χ4v) is 2.19. The lowest BCUT2D eigenvalue weighted by Crippen LogP contribution is -2.53. The topological polar surface area (TPSA) is 41.1 Å². The van der Waals surface area contributed by atoms with E-state index in [1.165, 1.54) is 4.88 Å². The van der Waals surface area contributed by atoms with E-state index in [0.29, 0.717) is 0 Å². The van der Waals surface area contributed by atoms with Gasteiger partial charge in [0.2, 0.25) is 5.91 Å². The van der Waals surface area contributed by atoms with Crippen LogP contribution in [0.4, 0.5) is 0 Å². The maximum Gasteiger partial charge on any atom is 0.237 e. The number of piperazine rings is 1. The first-order valence-electron chi connectivity index (χ1n) is 4.40. The van der Waals surface area contributed by atoms with Crippen molar-refractivity contribution in [2.45, 2.75) is 12.5 Å². The Kier molecular flexibility index (Phi) is 2.61. The lowest BCUT2D eigenvalue weighted by molar-refractivity contribution is -0.124. The molecule has 1 aromatic rings. The minimum Gasteiger partial charge on any atom is -0.353 e. The Morgan fingerprint density at radius 3 is 3.15 bits per heavy atom. The molecule has 1 amide bonds. The van der Waals surface area contributed by atoms with Crippen LogP contribution in [0.15, 0.2) is 17.5 Å². The molecule has 1 fully saturated rings. The summed E-state index contributed by atoms with van der Waals surface area (Å²) >= 11 is 1.70. The van der Waals surface area contributed by atoms with E-state index in [4.69, 9.17) is 0 Å². The zero-order valence-electron chi connectivity index (χ0n) is 7.25. The van der Waals surface area contributed by atoms with Gasteiger partial charge in [0.05, 0.1) is 6.04 Å². The third-order valence-corrected chi connectivity index (χ3v) is 3.02. The van der Waals surface area contributed by atoms with Crippen LogP contribution in [0.3, 0.4) is 0 Å². The molecule has 0 aliphatic carbocycles. The van der Waals surface area contributed by atoms with Crippen molar-refractivity contribution in [2.75, 3.05) is 13.1 Å². The molecular weight excluding hydrogens is 184 g/mol. The van der Waals surface area contributed by atoms with Crippen molar-refractivity contribution in [1.82, 2.24) is 10.6 Å². The van der Waals surface area contributed by atoms with Gasteiger partial charge in [-0.3, -0.25) is 4.79 Å². The van der Waals surface area contributed by atoms with Crippen LogP contribution in [0.25, 0.3) is 0 Å². The van der Waals surface area contributed by atoms with Crippen molar-refractivity contribution in [3.8, 4) is 0 Å². The molecule has 2 heterocycles. The molecule has 2 rings (SSSR count). The highest BCUT2D eigenvalue weighted by atomic mass is 32.1. The summed E-state index contributed by atoms with van der Waals surface area (Å²) < 4.78 is 0. The quantitative estimate of drug-likeness (QED) is 0.718. The van der Waals surface area contributed by atoms with E-state index in [1.807, 2.05) is 11.4 Å². The highest BCUT2D eigenvalue weighted by Crippen LogP contribution is 2.11. The smallest absolute Gasteiger partial charge is 0.237 e. The van der Waals surface area contributed by atoms with Crippen LogP contribution < -0.4 is 10.6 Å². The number of hydrogen-bond donors (Lipinski definition) is 2. The molecular formula is C9H12N2OS. The second-order valence-corrected chi connectivity index (χ2v) is 4.11. The largest absolute Gasteiger partial charge is 0.353 e. The minimum absolute atomic E-state index is 0.0348. The summed E-state index contributed by atoms with van der Waals surface area (Å²) in [5.74, 6) is 0.125. The van der Waals surface area contributed by atoms with Crippen LogP contribution in [0.5, 0.6) is 0 Å². The van der Waals surface area contributed by atoms with Gasteiger partial charge in [0.25, 0.3) is 0 Å². The standard InChI is InChI=1S/C9H12N2OS/c12-9-8(10-3-4-11-9)6-7-2-1-5-13-7/h1-2,5,8,10H,3-4,6H2,(H,11,12)/t8-/m0/s1. The van der Waals surface area contributed by atoms with E-state index in [1.54, 1.807) is 11.3 Å². The predicted octanol–water partition coefficient (Wildman–Crippen LogP) is 0.379. The summed E-state index contributed by atoms with van der Waals surface area (Å²) in [5.41, 5.74) is 0. The van der Waals surface area contributed by atoms with Gasteiger partial charge >= 0.3 is 0 Å². The van der Waals surface area contributed by atoms with Crippen molar-refractivity contribution < 1.29 is 4.79 Å². The highest BCUT2D eigenvalue weighted by Gasteiger charge is 2.21. The zero-order chi connectivity index (χ0) is 9.10. The van der Waals surface area contributed by atoms with Crippen LogP contribution in [-0.2, 0) is 11.2 Å². The maximum absolute atomic E-state index is 11.4. The molecule has 1 saturated heterocycles. The first-order valence-corrected chi connectivity index (χ1v) is 5.28. The molecule has 1 aromatic heterocycles. The average molecular weight is 196 g/mol. The van der Waals surface area contributed by atoms with Crippen molar-refractivity contribution in [3.05, 3.63) is 22.4 Å². The van der Waals surface area contributed by atoms with E-state index in [9.17, 15) is 4.79 Å². The normalized spacial score (nSPS) is 22.8. The van der Waals surface area contributed by atoms with Gasteiger partial charge < -0.3 is 10.6 Å². The van der Waals surface area contributed by atoms with Gasteiger partial charge in [0.15, 0.2) is 0 Å². The van der Waals surface area contributed by atoms with Crippen molar-refractivity contribution in [3.63, 3.8) is 0 Å². The monoisotopic (exact) mass is 196 g/mol. The van der Waals surface area contributed by atoms with Crippen LogP contribution in [0, 0.1) is 0 Å². The number of rotatable bonds is 2. The molecule has 2 N–H and O–H groups in total. The lowest BCUT2D eigenvalue weighted by Gasteiger charge is -2.22. The van der Waals surface area contributed by atoms with Gasteiger partial charge in [-0.25, -0.2) is 0 Å². The molecule has 13 heavy (non-hydrogen) atoms. The number of carbonyl (C=O) groups is 1. The summed E-state index contributed by atoms with van der Waals surface area (Å²) in [4.78, 5) is 12.6. The fraction of sp³-hybridized carbons (Fsp3) is 0.444. The lowest BCUT2D eigenvalue weighted by atomic mass is 10.1. The number of hydrogen-bond acceptors (Lipinski definition) is 3. The summed E-state index contributed by atoms with van der Waals surface area (Å²) in [6, 6.07) is 4.04. The first kappa shape index (κ1) is 8.72. The number of thiophene rings is 1. The third kappa shape index (κ3) is 2.08. The maximum atomic E-state index is 11.4. The van der Waals surface area contributed by atoms with E-state index in [-0.39, 0.29) is 11.9 Å². The van der Waals surface area contributed by atoms with Gasteiger partial charge in [0, 0.05) is 24.4 Å². The van der Waals surface area contributed by atoms with Crippen LogP contribution in [0.1, 0.15) is 4.88 Å². The molecule has 0 saturated carbocycles. The Hall–Kier alpha value is -0.870. The van der Waals surface area contributed by atoms with E-state index < -0.39 is 0 Å². The highest BCUT2D eigenvalue weighted by molar-refractivity contribution is 7.09. The second-order valence-electron chi connectivity index (χ2n) is 3.08. The Bertz CT molecular complexity index is 284. The van der Waals surface area contributed by atoms with E-state index in [2.05, 4.69) is 16.7 Å². The summed E-state index contributed by atoms with van der Waals surface area (Å²) in [7, 11) is 0. The number of amides is 1. The molecule has 1 aliphatic heterocycles. The van der Waals surface area contributed by atoms with Crippen molar-refractivity contribution in [2.24, 2.45) is 0 Å². The zero-order valence-corrected chi connectivity index (χ0v) is 8.06. The van der Waals surface area contributed by atoms with Crippen LogP contribution in [-0.4, -0.2) is 25.0 Å². The van der Waals surface area contributed by atoms with Gasteiger partial charge in [0.1, 0.15) is 0 Å². The molecule has 0 bridgehead atoms. The van der Waals surface area contributed by atoms with Crippen LogP contribution >= 0.6 is 11.3 Å². The van der Waals surface area contributed by atoms with Crippen molar-refractivity contribution in [1.29, 1.82) is 0 Å². The number of nitrogens with one attached hydrogen (secondary N) is 2. The van der Waals surface area contributed by atoms with Gasteiger partial charge in [-0.1, -0.05) is 6.07 Å². The average Bonchev–Trinajstić information content (AvgIpc) is 2.61. The molecule has 0 spiro atoms. The molecule has 0 unspecified atom stereocenters. The van der Waals surface area contributed by atoms with Crippen molar-refractivity contribution >= 4 is 17.2 Å². The summed E-state index contributed by atoms with van der Waals surface area (Å²) in [6.07, 6.45) is 0.809. The summed E-state index contributed by atoms with van der Waals surface area (Å²) in [6.45, 7) is 1.63. The Labute approximate surface area is 81.2 Å². The SMILES string of the molecule is O=C1NCCN[C@H]1Cc1cccs1. The molecule has 1 aliphatic rings. The molecule has 4 heteroatoms. The fourth-order valence-electron chi connectivity index (χ4n) is 1.44. The molecule has 70 valence electrons. The minimum atomic E-state index is -0.0348. The first-order chi connectivity index (χ1) is 6.36. The van der Waals surface area contributed by atoms with Gasteiger partial charge in [-0.15, -0.1) is 11.3 Å². The second kappa shape index (κ2) is 3.89. The Balaban J connectivity index is 1.97. The Morgan fingerprint density at radius 1 is 1.54 bits per heavy atom.